The van der Waals surface area contributed by atoms with Crippen LogP contribution in [-0.2, 0) is 19.2 Å². The standard InChI is InChI=1S/C72H70N4O12/c1-69(2)57(61(69)65(77)85-41-21-13-37(81-9)14-22-41)53-45-29-31-47(73-45)54(58-62(70(58,3)4)66(78)86-42-23-15-38(82-10)16-24-42)49-33-35-51(75-49)56(60-64(72(60,7)8)68(80)88-44-27-19-40(84-12)20-28-44)52-36-34-50(76-52)55(48-32-30-46(53)74-48)59-63(71(59,5)6)67(79)87-43-25-17-39(83-11)18-26-43/h13-36,57-64,73-74H,1-12H3/t57-,58-,59-,60-,61-,62-,63-,64-/m0/s1. The Balaban J connectivity index is 1.02. The molecule has 2 N–H and O–H groups in total. The number of nitrogens with one attached hydrogen (secondary N) is 2. The summed E-state index contributed by atoms with van der Waals surface area (Å²) in [6.07, 6.45) is 7.91. The van der Waals surface area contributed by atoms with Gasteiger partial charge in [-0.25, -0.2) is 9.97 Å². The molecule has 0 unspecified atom stereocenters. The Morgan fingerprint density at radius 2 is 0.511 bits per heavy atom. The molecule has 7 aromatic rings. The van der Waals surface area contributed by atoms with E-state index in [1.165, 1.54) is 0 Å². The third-order valence-corrected chi connectivity index (χ3v) is 19.6. The topological polar surface area (TPSA) is 199 Å². The highest BCUT2D eigenvalue weighted by Crippen LogP contribution is 2.70. The number of hydrogen-bond acceptors (Lipinski definition) is 14. The molecule has 88 heavy (non-hydrogen) atoms. The van der Waals surface area contributed by atoms with E-state index in [1.807, 2.05) is 48.6 Å². The molecule has 0 amide bonds. The first-order chi connectivity index (χ1) is 42.1. The highest BCUT2D eigenvalue weighted by Gasteiger charge is 2.68. The van der Waals surface area contributed by atoms with E-state index in [1.54, 1.807) is 126 Å². The van der Waals surface area contributed by atoms with Crippen molar-refractivity contribution in [2.75, 3.05) is 28.4 Å². The van der Waals surface area contributed by atoms with Crippen LogP contribution in [0, 0.1) is 45.3 Å². The maximum Gasteiger partial charge on any atom is 0.315 e. The molecular formula is C72H70N4O12. The number of ether oxygens (including phenoxy) is 8. The molecule has 4 aromatic carbocycles. The van der Waals surface area contributed by atoms with E-state index < -0.39 is 69.1 Å². The van der Waals surface area contributed by atoms with Crippen molar-refractivity contribution >= 4 is 70.2 Å². The van der Waals surface area contributed by atoms with Gasteiger partial charge in [0.1, 0.15) is 46.0 Å². The van der Waals surface area contributed by atoms with Crippen molar-refractivity contribution in [2.45, 2.75) is 79.1 Å². The average molecular weight is 1180 g/mol. The monoisotopic (exact) mass is 1180 g/mol. The van der Waals surface area contributed by atoms with Crippen molar-refractivity contribution in [3.05, 3.63) is 166 Å². The number of aromatic nitrogens is 4. The Bertz CT molecular complexity index is 4040. The van der Waals surface area contributed by atoms with Gasteiger partial charge >= 0.3 is 23.9 Å². The van der Waals surface area contributed by atoms with Crippen molar-refractivity contribution in [1.82, 2.24) is 19.9 Å². The lowest BCUT2D eigenvalue weighted by Crippen LogP contribution is -2.14. The number of aromatic amines is 2. The van der Waals surface area contributed by atoms with E-state index in [-0.39, 0.29) is 23.8 Å². The van der Waals surface area contributed by atoms with Crippen molar-refractivity contribution in [3.63, 3.8) is 0 Å². The van der Waals surface area contributed by atoms with E-state index in [2.05, 4.69) is 65.4 Å². The van der Waals surface area contributed by atoms with Gasteiger partial charge in [-0.05, 0) is 167 Å². The van der Waals surface area contributed by atoms with Crippen molar-refractivity contribution in [2.24, 2.45) is 45.3 Å². The summed E-state index contributed by atoms with van der Waals surface area (Å²) in [5.74, 6) is -1.35. The smallest absolute Gasteiger partial charge is 0.315 e. The zero-order chi connectivity index (χ0) is 61.9. The summed E-state index contributed by atoms with van der Waals surface area (Å²) < 4.78 is 46.1. The molecule has 13 rings (SSSR count). The Morgan fingerprint density at radius 3 is 0.761 bits per heavy atom. The van der Waals surface area contributed by atoms with Crippen molar-refractivity contribution in [1.29, 1.82) is 0 Å². The van der Waals surface area contributed by atoms with Crippen LogP contribution in [0.1, 0.15) is 124 Å². The quantitative estimate of drug-likeness (QED) is 0.0684. The maximum absolute atomic E-state index is 14.6. The molecule has 0 radical (unpaired) electrons. The molecule has 0 saturated heterocycles. The Labute approximate surface area is 510 Å². The molecule has 8 atom stereocenters. The van der Waals surface area contributed by atoms with Crippen LogP contribution in [-0.4, -0.2) is 72.3 Å². The van der Waals surface area contributed by atoms with Crippen LogP contribution < -0.4 is 37.9 Å². The second-order valence-corrected chi connectivity index (χ2v) is 26.2. The summed E-state index contributed by atoms with van der Waals surface area (Å²) in [5.41, 5.74) is 6.12. The summed E-state index contributed by atoms with van der Waals surface area (Å²) in [6, 6.07) is 35.9. The van der Waals surface area contributed by atoms with Crippen molar-refractivity contribution in [3.8, 4) is 46.0 Å². The Hall–Kier alpha value is -9.44. The second kappa shape index (κ2) is 21.2. The number of benzene rings is 4. The van der Waals surface area contributed by atoms with Crippen LogP contribution in [0.4, 0.5) is 0 Å². The van der Waals surface area contributed by atoms with Gasteiger partial charge in [0.05, 0.1) is 74.9 Å². The van der Waals surface area contributed by atoms with Crippen LogP contribution in [0.3, 0.4) is 0 Å². The maximum atomic E-state index is 14.6. The van der Waals surface area contributed by atoms with E-state index in [9.17, 15) is 19.2 Å². The fraction of sp³-hybridized carbons (Fsp3) is 0.333. The number of H-pyrrole nitrogens is 2. The minimum absolute atomic E-state index is 0.369. The van der Waals surface area contributed by atoms with Crippen LogP contribution in [0.25, 0.3) is 46.4 Å². The normalized spacial score (nSPS) is 23.2. The predicted octanol–water partition coefficient (Wildman–Crippen LogP) is 14.1. The third-order valence-electron chi connectivity index (χ3n) is 19.6. The van der Waals surface area contributed by atoms with Gasteiger partial charge in [-0.1, -0.05) is 55.4 Å². The van der Waals surface area contributed by atoms with Gasteiger partial charge in [0.2, 0.25) is 0 Å². The van der Waals surface area contributed by atoms with E-state index in [0.29, 0.717) is 68.8 Å². The average Bonchev–Trinajstić information content (AvgIpc) is 1.65. The van der Waals surface area contributed by atoms with Crippen LogP contribution in [0.15, 0.2) is 121 Å². The second-order valence-electron chi connectivity index (χ2n) is 26.2. The number of nitrogens with zero attached hydrogens (tertiary/aromatic N) is 2. The van der Waals surface area contributed by atoms with Crippen LogP contribution >= 0.6 is 0 Å². The minimum atomic E-state index is -0.620. The van der Waals surface area contributed by atoms with Gasteiger partial charge < -0.3 is 47.9 Å². The molecule has 4 aliphatic carbocycles. The number of hydrogen-bond donors (Lipinski definition) is 2. The van der Waals surface area contributed by atoms with E-state index in [4.69, 9.17) is 47.9 Å². The Morgan fingerprint density at radius 1 is 0.307 bits per heavy atom. The first-order valence-corrected chi connectivity index (χ1v) is 29.7. The van der Waals surface area contributed by atoms with Crippen LogP contribution in [0.5, 0.6) is 46.0 Å². The van der Waals surface area contributed by atoms with Gasteiger partial charge in [-0.2, -0.15) is 0 Å². The molecule has 3 aromatic heterocycles. The molecule has 0 spiro atoms. The van der Waals surface area contributed by atoms with E-state index >= 15 is 0 Å². The number of fused-ring (bicyclic) bond motifs is 8. The van der Waals surface area contributed by atoms with Crippen LogP contribution in [0.2, 0.25) is 0 Å². The highest BCUT2D eigenvalue weighted by atomic mass is 16.6. The van der Waals surface area contributed by atoms with Crippen molar-refractivity contribution < 1.29 is 57.1 Å². The first-order valence-electron chi connectivity index (χ1n) is 29.7. The summed E-state index contributed by atoms with van der Waals surface area (Å²) >= 11 is 0. The molecule has 16 nitrogen and oxygen atoms in total. The zero-order valence-electron chi connectivity index (χ0n) is 51.3. The largest absolute Gasteiger partial charge is 0.497 e. The molecular weight excluding hydrogens is 1110 g/mol. The summed E-state index contributed by atoms with van der Waals surface area (Å²) in [4.78, 5) is 77.2. The molecule has 5 heterocycles. The van der Waals surface area contributed by atoms with Gasteiger partial charge in [0, 0.05) is 68.0 Å². The molecule has 6 aliphatic rings. The molecule has 4 saturated carbocycles. The Kier molecular flexibility index (Phi) is 13.9. The number of carbonyl (C=O) groups is 4. The SMILES string of the molecule is COc1ccc(OC(=O)[C@@H]2[C@H](c3c4nc(c([C@H]5[C@@H](C(=O)Oc6ccc(OC)cc6)C5(C)C)c5ccc([nH]5)c([C@H]5[C@@H](C(=O)Oc6ccc(OC)cc6)C5(C)C)c5ccc([nH]5)c([C@H]5[C@@H](C(=O)Oc6ccc(OC)cc6)C5(C)C)c5nc3C=C5)C=C4)C2(C)C)cc1. The number of rotatable bonds is 16. The van der Waals surface area contributed by atoms with Gasteiger partial charge in [-0.3, -0.25) is 19.2 Å². The van der Waals surface area contributed by atoms with E-state index in [0.717, 1.165) is 44.3 Å². The lowest BCUT2D eigenvalue weighted by atomic mass is 10.00. The summed E-state index contributed by atoms with van der Waals surface area (Å²) in [5, 5.41) is 0. The fourth-order valence-electron chi connectivity index (χ4n) is 14.4. The number of carbonyl (C=O) groups excluding carboxylic acids is 4. The molecule has 2 aliphatic heterocycles. The third kappa shape index (κ3) is 9.86. The summed E-state index contributed by atoms with van der Waals surface area (Å²) in [7, 11) is 6.33. The summed E-state index contributed by atoms with van der Waals surface area (Å²) in [6.45, 7) is 16.5. The lowest BCUT2D eigenvalue weighted by Gasteiger charge is -2.08. The predicted molar refractivity (Wildman–Crippen MR) is 333 cm³/mol. The molecule has 4 fully saturated rings. The first kappa shape index (κ1) is 57.6. The zero-order valence-corrected chi connectivity index (χ0v) is 51.3. The number of methoxy groups -OCH3 is 4. The highest BCUT2D eigenvalue weighted by molar-refractivity contribution is 5.92. The van der Waals surface area contributed by atoms with Gasteiger partial charge in [0.15, 0.2) is 0 Å². The minimum Gasteiger partial charge on any atom is -0.497 e. The fourth-order valence-corrected chi connectivity index (χ4v) is 14.4. The van der Waals surface area contributed by atoms with Gasteiger partial charge in [-0.15, -0.1) is 0 Å². The molecule has 16 heteroatoms. The lowest BCUT2D eigenvalue weighted by molar-refractivity contribution is -0.137. The molecule has 8 bridgehead atoms. The molecule has 450 valence electrons. The number of esters is 4. The van der Waals surface area contributed by atoms with Gasteiger partial charge in [0.25, 0.3) is 0 Å².